The van der Waals surface area contributed by atoms with Crippen molar-refractivity contribution in [2.24, 2.45) is 0 Å². The van der Waals surface area contributed by atoms with Gasteiger partial charge >= 0.3 is 5.97 Å². The first-order valence-corrected chi connectivity index (χ1v) is 13.1. The number of ether oxygens (including phenoxy) is 2. The minimum absolute atomic E-state index is 0.0803. The highest BCUT2D eigenvalue weighted by molar-refractivity contribution is 6.39. The minimum atomic E-state index is -1.11. The van der Waals surface area contributed by atoms with Crippen molar-refractivity contribution >= 4 is 39.9 Å². The molecule has 0 unspecified atom stereocenters. The summed E-state index contributed by atoms with van der Waals surface area (Å²) in [6.07, 6.45) is 2.08. The molecule has 1 aliphatic rings. The number of nitrogens with zero attached hydrogens (tertiary/aromatic N) is 2. The van der Waals surface area contributed by atoms with Gasteiger partial charge < -0.3 is 19.1 Å². The molecule has 5 aromatic rings. The van der Waals surface area contributed by atoms with Crippen LogP contribution in [0.3, 0.4) is 0 Å². The highest BCUT2D eigenvalue weighted by Gasteiger charge is 2.33. The van der Waals surface area contributed by atoms with Gasteiger partial charge in [-0.15, -0.1) is 0 Å². The first kappa shape index (κ1) is 25.2. The maximum absolute atomic E-state index is 11.4. The number of carboxylic acids is 1. The summed E-state index contributed by atoms with van der Waals surface area (Å²) in [7, 11) is 0. The number of benzene rings is 3. The Morgan fingerprint density at radius 2 is 1.82 bits per heavy atom. The van der Waals surface area contributed by atoms with Crippen LogP contribution >= 0.6 is 23.2 Å². The van der Waals surface area contributed by atoms with E-state index in [1.807, 2.05) is 43.3 Å². The van der Waals surface area contributed by atoms with Crippen LogP contribution in [0.4, 0.5) is 0 Å². The van der Waals surface area contributed by atoms with Crippen LogP contribution in [-0.4, -0.2) is 21.2 Å². The molecule has 6 rings (SSSR count). The topological polar surface area (TPSA) is 94.7 Å². The zero-order valence-corrected chi connectivity index (χ0v) is 22.3. The Labute approximate surface area is 233 Å². The zero-order valence-electron chi connectivity index (χ0n) is 20.8. The van der Waals surface area contributed by atoms with Crippen LogP contribution < -0.4 is 9.47 Å². The fraction of sp³-hybridized carbons (Fsp3) is 0.167. The lowest BCUT2D eigenvalue weighted by Gasteiger charge is -2.13. The summed E-state index contributed by atoms with van der Waals surface area (Å²) < 4.78 is 18.0. The van der Waals surface area contributed by atoms with E-state index < -0.39 is 5.97 Å². The maximum Gasteiger partial charge on any atom is 0.354 e. The monoisotopic (exact) mass is 560 g/mol. The Hall–Kier alpha value is -4.07. The number of rotatable bonds is 8. The molecule has 39 heavy (non-hydrogen) atoms. The Kier molecular flexibility index (Phi) is 6.62. The van der Waals surface area contributed by atoms with E-state index in [9.17, 15) is 9.90 Å². The number of carboxylic acid groups (broad SMARTS) is 1. The average molecular weight is 561 g/mol. The molecule has 0 atom stereocenters. The summed E-state index contributed by atoms with van der Waals surface area (Å²) in [5.41, 5.74) is 2.71. The van der Waals surface area contributed by atoms with E-state index in [0.29, 0.717) is 38.7 Å². The number of aryl methyl sites for hydroxylation is 1. The molecule has 2 heterocycles. The van der Waals surface area contributed by atoms with Gasteiger partial charge in [0.1, 0.15) is 29.6 Å². The normalized spacial score (nSPS) is 13.0. The maximum atomic E-state index is 11.4. The number of pyridine rings is 1. The van der Waals surface area contributed by atoms with Gasteiger partial charge in [-0.25, -0.2) is 9.78 Å². The second kappa shape index (κ2) is 10.2. The van der Waals surface area contributed by atoms with E-state index in [0.717, 1.165) is 40.5 Å². The third-order valence-corrected chi connectivity index (χ3v) is 7.27. The van der Waals surface area contributed by atoms with Crippen molar-refractivity contribution in [1.82, 2.24) is 10.1 Å². The van der Waals surface area contributed by atoms with Crippen molar-refractivity contribution in [3.8, 4) is 28.6 Å². The quantitative estimate of drug-likeness (QED) is 0.203. The van der Waals surface area contributed by atoms with Crippen molar-refractivity contribution in [3.63, 3.8) is 0 Å². The summed E-state index contributed by atoms with van der Waals surface area (Å²) in [5, 5.41) is 16.3. The van der Waals surface area contributed by atoms with Crippen LogP contribution in [0.2, 0.25) is 10.0 Å². The van der Waals surface area contributed by atoms with Crippen molar-refractivity contribution in [1.29, 1.82) is 0 Å². The molecule has 0 saturated heterocycles. The van der Waals surface area contributed by atoms with Gasteiger partial charge in [-0.1, -0.05) is 52.6 Å². The molecule has 9 heteroatoms. The second-order valence-electron chi connectivity index (χ2n) is 9.40. The summed E-state index contributed by atoms with van der Waals surface area (Å²) >= 11 is 13.0. The smallest absolute Gasteiger partial charge is 0.354 e. The Bertz CT molecular complexity index is 1710. The Balaban J connectivity index is 1.29. The van der Waals surface area contributed by atoms with E-state index in [1.54, 1.807) is 24.3 Å². The van der Waals surface area contributed by atoms with Crippen LogP contribution in [0.5, 0.6) is 17.4 Å². The summed E-state index contributed by atoms with van der Waals surface area (Å²) in [5.74, 6) is 1.47. The van der Waals surface area contributed by atoms with E-state index in [2.05, 4.69) is 10.1 Å². The molecule has 196 valence electrons. The molecule has 0 bridgehead atoms. The highest BCUT2D eigenvalue weighted by Crippen LogP contribution is 2.46. The van der Waals surface area contributed by atoms with E-state index >= 15 is 0 Å². The molecule has 1 N–H and O–H groups in total. The van der Waals surface area contributed by atoms with Crippen LogP contribution in [-0.2, 0) is 6.61 Å². The van der Waals surface area contributed by atoms with Gasteiger partial charge in [0, 0.05) is 22.4 Å². The molecule has 0 spiro atoms. The molecule has 0 radical (unpaired) electrons. The molecule has 2 aromatic heterocycles. The molecular formula is C30H22Cl2N2O5. The number of carbonyl (C=O) groups is 1. The molecule has 0 aliphatic heterocycles. The lowest BCUT2D eigenvalue weighted by molar-refractivity contribution is 0.0689. The van der Waals surface area contributed by atoms with Gasteiger partial charge in [0.15, 0.2) is 5.69 Å². The van der Waals surface area contributed by atoms with Gasteiger partial charge in [0.2, 0.25) is 5.88 Å². The molecular weight excluding hydrogens is 539 g/mol. The lowest BCUT2D eigenvalue weighted by Crippen LogP contribution is -2.02. The van der Waals surface area contributed by atoms with Gasteiger partial charge in [0.25, 0.3) is 0 Å². The zero-order chi connectivity index (χ0) is 27.1. The summed E-state index contributed by atoms with van der Waals surface area (Å²) in [6.45, 7) is 2.05. The minimum Gasteiger partial charge on any atom is -0.489 e. The molecule has 7 nitrogen and oxygen atoms in total. The number of aromatic carboxylic acids is 1. The van der Waals surface area contributed by atoms with Gasteiger partial charge in [-0.05, 0) is 67.6 Å². The predicted octanol–water partition coefficient (Wildman–Crippen LogP) is 8.45. The summed E-state index contributed by atoms with van der Waals surface area (Å²) in [6, 6.07) is 19.8. The fourth-order valence-electron chi connectivity index (χ4n) is 4.45. The van der Waals surface area contributed by atoms with Gasteiger partial charge in [-0.2, -0.15) is 0 Å². The number of fused-ring (bicyclic) bond motifs is 1. The van der Waals surface area contributed by atoms with Crippen LogP contribution in [0.25, 0.3) is 22.0 Å². The van der Waals surface area contributed by atoms with Crippen molar-refractivity contribution < 1.29 is 23.9 Å². The molecule has 1 fully saturated rings. The highest BCUT2D eigenvalue weighted by atomic mass is 35.5. The number of hydrogen-bond donors (Lipinski definition) is 1. The van der Waals surface area contributed by atoms with E-state index in [-0.39, 0.29) is 18.2 Å². The molecule has 0 amide bonds. The van der Waals surface area contributed by atoms with Crippen LogP contribution in [0.15, 0.2) is 71.3 Å². The number of hydrogen-bond acceptors (Lipinski definition) is 6. The van der Waals surface area contributed by atoms with Crippen molar-refractivity contribution in [2.45, 2.75) is 32.3 Å². The van der Waals surface area contributed by atoms with E-state index in [1.165, 1.54) is 6.07 Å². The summed E-state index contributed by atoms with van der Waals surface area (Å²) in [4.78, 5) is 15.5. The molecule has 3 aromatic carbocycles. The van der Waals surface area contributed by atoms with Crippen LogP contribution in [0.1, 0.15) is 46.1 Å². The standard InChI is InChI=1S/C30H22Cl2N2O5/c1-16-8-13-24(30(35)36)33-29(16)38-25-7-2-4-18-14-19(11-12-20(18)25)37-15-21-27(34-39-28(21)17-9-10-17)26-22(31)5-3-6-23(26)32/h2-8,11-14,17H,9-10,15H2,1H3,(H,35,36). The lowest BCUT2D eigenvalue weighted by atomic mass is 10.0. The Morgan fingerprint density at radius 1 is 1.05 bits per heavy atom. The first-order chi connectivity index (χ1) is 18.9. The third kappa shape index (κ3) is 5.03. The third-order valence-electron chi connectivity index (χ3n) is 6.64. The van der Waals surface area contributed by atoms with E-state index in [4.69, 9.17) is 37.2 Å². The first-order valence-electron chi connectivity index (χ1n) is 12.4. The number of aromatic nitrogens is 2. The predicted molar refractivity (Wildman–Crippen MR) is 148 cm³/mol. The fourth-order valence-corrected chi connectivity index (χ4v) is 5.03. The Morgan fingerprint density at radius 3 is 2.56 bits per heavy atom. The second-order valence-corrected chi connectivity index (χ2v) is 10.2. The largest absolute Gasteiger partial charge is 0.489 e. The van der Waals surface area contributed by atoms with Crippen molar-refractivity contribution in [3.05, 3.63) is 99.4 Å². The SMILES string of the molecule is Cc1ccc(C(=O)O)nc1Oc1cccc2cc(OCc3c(-c4c(Cl)cccc4Cl)noc3C3CC3)ccc12. The van der Waals surface area contributed by atoms with Crippen LogP contribution in [0, 0.1) is 6.92 Å². The van der Waals surface area contributed by atoms with Crippen molar-refractivity contribution in [2.75, 3.05) is 0 Å². The molecule has 1 saturated carbocycles. The van der Waals surface area contributed by atoms with Gasteiger partial charge in [0.05, 0.1) is 15.6 Å². The average Bonchev–Trinajstić information content (AvgIpc) is 3.68. The number of halogens is 2. The molecule has 1 aliphatic carbocycles. The van der Waals surface area contributed by atoms with Gasteiger partial charge in [-0.3, -0.25) is 0 Å².